The number of hydrogen-bond acceptors (Lipinski definition) is 6. The first kappa shape index (κ1) is 19.1. The van der Waals surface area contributed by atoms with Gasteiger partial charge in [-0.2, -0.15) is 0 Å². The minimum Gasteiger partial charge on any atom is -0.535 e. The van der Waals surface area contributed by atoms with Crippen LogP contribution in [0.3, 0.4) is 0 Å². The first-order valence-electron chi connectivity index (χ1n) is 9.42. The zero-order valence-corrected chi connectivity index (χ0v) is 15.2. The van der Waals surface area contributed by atoms with E-state index in [0.29, 0.717) is 36.4 Å². The number of rotatable bonds is 6. The molecule has 1 aliphatic carbocycles. The van der Waals surface area contributed by atoms with Crippen LogP contribution >= 0.6 is 0 Å². The molecule has 1 aromatic carbocycles. The largest absolute Gasteiger partial charge is 0.535 e. The molecule has 0 bridgehead atoms. The first-order chi connectivity index (χ1) is 12.4. The Morgan fingerprint density at radius 1 is 1.31 bits per heavy atom. The third kappa shape index (κ3) is 4.52. The molecule has 7 heteroatoms. The summed E-state index contributed by atoms with van der Waals surface area (Å²) in [5.41, 5.74) is 7.25. The fourth-order valence-electron chi connectivity index (χ4n) is 3.88. The number of para-hydroxylation sites is 1. The van der Waals surface area contributed by atoms with Gasteiger partial charge in [-0.15, -0.1) is 0 Å². The summed E-state index contributed by atoms with van der Waals surface area (Å²) in [5.74, 6) is 0.130. The number of Topliss-reactive ketones (excluding diaryl/α,β-unsaturated/α-hetero) is 2. The number of fused-ring (bicyclic) bond motifs is 1. The maximum absolute atomic E-state index is 12.3. The predicted octanol–water partition coefficient (Wildman–Crippen LogP) is 1.49. The van der Waals surface area contributed by atoms with E-state index < -0.39 is 7.12 Å². The van der Waals surface area contributed by atoms with Crippen LogP contribution in [0.1, 0.15) is 54.9 Å². The number of carbonyl (C=O) groups excluding carboxylic acids is 2. The quantitative estimate of drug-likeness (QED) is 0.526. The van der Waals surface area contributed by atoms with Crippen LogP contribution < -0.4 is 15.7 Å². The van der Waals surface area contributed by atoms with E-state index in [1.165, 1.54) is 6.92 Å². The molecule has 0 saturated heterocycles. The van der Waals surface area contributed by atoms with Gasteiger partial charge in [0.15, 0.2) is 5.78 Å². The summed E-state index contributed by atoms with van der Waals surface area (Å²) in [5, 5.41) is 13.6. The van der Waals surface area contributed by atoms with Crippen LogP contribution in [0.2, 0.25) is 5.82 Å². The van der Waals surface area contributed by atoms with Gasteiger partial charge in [-0.3, -0.25) is 9.59 Å². The van der Waals surface area contributed by atoms with Crippen molar-refractivity contribution in [2.45, 2.75) is 63.3 Å². The summed E-state index contributed by atoms with van der Waals surface area (Å²) < 4.78 is 5.59. The van der Waals surface area contributed by atoms with Gasteiger partial charge in [-0.05, 0) is 50.7 Å². The Kier molecular flexibility index (Phi) is 6.11. The fraction of sp³-hybridized carbons (Fsp3) is 0.579. The normalized spacial score (nSPS) is 25.3. The summed E-state index contributed by atoms with van der Waals surface area (Å²) in [6, 6.07) is 6.03. The minimum absolute atomic E-state index is 0.0682. The van der Waals surface area contributed by atoms with E-state index >= 15 is 0 Å². The predicted molar refractivity (Wildman–Crippen MR) is 100 cm³/mol. The molecule has 1 saturated carbocycles. The molecule has 1 atom stereocenters. The molecule has 3 rings (SSSR count). The fourth-order valence-corrected chi connectivity index (χ4v) is 3.88. The average Bonchev–Trinajstić information content (AvgIpc) is 2.61. The van der Waals surface area contributed by atoms with Crippen LogP contribution in [-0.4, -0.2) is 42.3 Å². The number of carbonyl (C=O) groups is 2. The molecule has 2 aliphatic rings. The number of nitrogens with two attached hydrogens (primary N) is 1. The van der Waals surface area contributed by atoms with Crippen molar-refractivity contribution >= 4 is 18.7 Å². The zero-order chi connectivity index (χ0) is 18.7. The molecule has 26 heavy (non-hydrogen) atoms. The number of nitrogens with one attached hydrogen (secondary N) is 1. The third-order valence-electron chi connectivity index (χ3n) is 5.45. The molecular weight excluding hydrogens is 331 g/mol. The van der Waals surface area contributed by atoms with E-state index in [9.17, 15) is 14.6 Å². The molecule has 1 aliphatic heterocycles. The Morgan fingerprint density at radius 3 is 2.73 bits per heavy atom. The second-order valence-electron chi connectivity index (χ2n) is 7.56. The van der Waals surface area contributed by atoms with Gasteiger partial charge in [0, 0.05) is 24.3 Å². The maximum Gasteiger partial charge on any atom is 0.526 e. The number of ketones is 2. The highest BCUT2D eigenvalue weighted by molar-refractivity contribution is 6.47. The first-order valence-corrected chi connectivity index (χ1v) is 9.42. The Bertz CT molecular complexity index is 674. The average molecular weight is 358 g/mol. The van der Waals surface area contributed by atoms with Crippen LogP contribution in [0.25, 0.3) is 0 Å². The van der Waals surface area contributed by atoms with Crippen molar-refractivity contribution in [3.05, 3.63) is 29.3 Å². The van der Waals surface area contributed by atoms with Crippen molar-refractivity contribution in [3.8, 4) is 5.75 Å². The number of hydrogen-bond donors (Lipinski definition) is 3. The van der Waals surface area contributed by atoms with Crippen molar-refractivity contribution < 1.29 is 19.3 Å². The SMILES string of the molecule is CC(=O)c1cccc2c1OB(O)[C@@H](CC(=O)CNC1CCC(N)CC1)C2. The Morgan fingerprint density at radius 2 is 2.04 bits per heavy atom. The van der Waals surface area contributed by atoms with E-state index in [0.717, 1.165) is 31.2 Å². The van der Waals surface area contributed by atoms with Crippen LogP contribution in [0.5, 0.6) is 5.75 Å². The maximum atomic E-state index is 12.3. The van der Waals surface area contributed by atoms with Crippen molar-refractivity contribution in [2.24, 2.45) is 5.73 Å². The van der Waals surface area contributed by atoms with Crippen molar-refractivity contribution in [1.82, 2.24) is 5.32 Å². The van der Waals surface area contributed by atoms with Gasteiger partial charge < -0.3 is 20.7 Å². The summed E-state index contributed by atoms with van der Waals surface area (Å²) in [4.78, 5) is 24.1. The second-order valence-corrected chi connectivity index (χ2v) is 7.56. The van der Waals surface area contributed by atoms with Crippen molar-refractivity contribution in [3.63, 3.8) is 0 Å². The summed E-state index contributed by atoms with van der Waals surface area (Å²) in [7, 11) is -1.07. The third-order valence-corrected chi connectivity index (χ3v) is 5.45. The van der Waals surface area contributed by atoms with Crippen LogP contribution in [-0.2, 0) is 11.2 Å². The molecule has 1 heterocycles. The lowest BCUT2D eigenvalue weighted by Crippen LogP contribution is -2.41. The van der Waals surface area contributed by atoms with Gasteiger partial charge in [0.1, 0.15) is 11.5 Å². The van der Waals surface area contributed by atoms with Gasteiger partial charge in [0.05, 0.1) is 12.1 Å². The molecule has 0 amide bonds. The standard InChI is InChI=1S/C19H27BN2O4/c1-12(23)18-4-2-3-13-9-14(20(25)26-19(13)18)10-17(24)11-22-16-7-5-15(21)6-8-16/h2-4,14-16,22,25H,5-11,21H2,1H3/t14-,15?,16?/m1/s1. The Hall–Kier alpha value is -1.70. The lowest BCUT2D eigenvalue weighted by molar-refractivity contribution is -0.118. The van der Waals surface area contributed by atoms with Gasteiger partial charge >= 0.3 is 7.12 Å². The van der Waals surface area contributed by atoms with Crippen LogP contribution in [0, 0.1) is 0 Å². The lowest BCUT2D eigenvalue weighted by atomic mass is 9.64. The molecule has 0 radical (unpaired) electrons. The van der Waals surface area contributed by atoms with Gasteiger partial charge in [0.2, 0.25) is 0 Å². The second kappa shape index (κ2) is 8.33. The zero-order valence-electron chi connectivity index (χ0n) is 15.2. The Balaban J connectivity index is 1.54. The smallest absolute Gasteiger partial charge is 0.526 e. The molecule has 0 unspecified atom stereocenters. The summed E-state index contributed by atoms with van der Waals surface area (Å²) >= 11 is 0. The molecule has 140 valence electrons. The van der Waals surface area contributed by atoms with Crippen molar-refractivity contribution in [1.29, 1.82) is 0 Å². The van der Waals surface area contributed by atoms with Gasteiger partial charge in [0.25, 0.3) is 0 Å². The lowest BCUT2D eigenvalue weighted by Gasteiger charge is -2.29. The van der Waals surface area contributed by atoms with E-state index in [4.69, 9.17) is 10.4 Å². The van der Waals surface area contributed by atoms with E-state index in [1.54, 1.807) is 6.07 Å². The molecule has 6 nitrogen and oxygen atoms in total. The highest BCUT2D eigenvalue weighted by Crippen LogP contribution is 2.36. The van der Waals surface area contributed by atoms with E-state index in [2.05, 4.69) is 5.32 Å². The van der Waals surface area contributed by atoms with E-state index in [-0.39, 0.29) is 23.8 Å². The molecular formula is C19H27BN2O4. The molecule has 1 fully saturated rings. The van der Waals surface area contributed by atoms with E-state index in [1.807, 2.05) is 12.1 Å². The van der Waals surface area contributed by atoms with Gasteiger partial charge in [-0.25, -0.2) is 0 Å². The monoisotopic (exact) mass is 358 g/mol. The summed E-state index contributed by atoms with van der Waals surface area (Å²) in [6.07, 6.45) is 4.79. The highest BCUT2D eigenvalue weighted by atomic mass is 16.5. The molecule has 4 N–H and O–H groups in total. The summed E-state index contributed by atoms with van der Waals surface area (Å²) in [6.45, 7) is 1.79. The van der Waals surface area contributed by atoms with Gasteiger partial charge in [-0.1, -0.05) is 12.1 Å². The Labute approximate surface area is 154 Å². The van der Waals surface area contributed by atoms with Crippen molar-refractivity contribution in [2.75, 3.05) is 6.54 Å². The minimum atomic E-state index is -1.07. The van der Waals surface area contributed by atoms with Crippen LogP contribution in [0.4, 0.5) is 0 Å². The topological polar surface area (TPSA) is 102 Å². The highest BCUT2D eigenvalue weighted by Gasteiger charge is 2.37. The molecule has 1 aromatic rings. The van der Waals surface area contributed by atoms with Crippen LogP contribution in [0.15, 0.2) is 18.2 Å². The molecule has 0 aromatic heterocycles. The number of benzene rings is 1. The molecule has 0 spiro atoms.